The van der Waals surface area contributed by atoms with Crippen molar-refractivity contribution in [3.63, 3.8) is 0 Å². The molecule has 7 heteroatoms. The Labute approximate surface area is 148 Å². The fourth-order valence-corrected chi connectivity index (χ4v) is 3.16. The molecular formula is C18H18N4O2S. The molecule has 0 bridgehead atoms. The van der Waals surface area contributed by atoms with Gasteiger partial charge >= 0.3 is 0 Å². The van der Waals surface area contributed by atoms with Crippen LogP contribution in [0.2, 0.25) is 0 Å². The summed E-state index contributed by atoms with van der Waals surface area (Å²) in [7, 11) is -0.928. The summed E-state index contributed by atoms with van der Waals surface area (Å²) in [6, 6.07) is 12.9. The number of benzene rings is 1. The van der Waals surface area contributed by atoms with E-state index in [1.165, 1.54) is 6.20 Å². The van der Waals surface area contributed by atoms with Crippen LogP contribution in [0.3, 0.4) is 0 Å². The molecule has 0 radical (unpaired) electrons. The van der Waals surface area contributed by atoms with Crippen LogP contribution in [0.1, 0.15) is 21.6 Å². The van der Waals surface area contributed by atoms with Crippen molar-refractivity contribution in [1.29, 1.82) is 0 Å². The Kier molecular flexibility index (Phi) is 5.04. The normalized spacial score (nSPS) is 11.9. The third kappa shape index (κ3) is 4.00. The van der Waals surface area contributed by atoms with Crippen molar-refractivity contribution in [3.8, 4) is 5.82 Å². The Bertz CT molecular complexity index is 922. The van der Waals surface area contributed by atoms with Gasteiger partial charge in [-0.3, -0.25) is 9.00 Å². The summed E-state index contributed by atoms with van der Waals surface area (Å²) in [5.74, 6) is 0.876. The van der Waals surface area contributed by atoms with Gasteiger partial charge in [-0.1, -0.05) is 18.2 Å². The molecule has 0 fully saturated rings. The first-order valence-corrected chi connectivity index (χ1v) is 9.43. The number of rotatable bonds is 5. The minimum Gasteiger partial charge on any atom is -0.322 e. The summed E-state index contributed by atoms with van der Waals surface area (Å²) < 4.78 is 13.0. The fraction of sp³-hybridized carbons (Fsp3) is 0.167. The Balaban J connectivity index is 1.81. The molecule has 1 amide bonds. The van der Waals surface area contributed by atoms with E-state index >= 15 is 0 Å². The summed E-state index contributed by atoms with van der Waals surface area (Å²) in [6.45, 7) is 1.83. The maximum atomic E-state index is 12.6. The first-order chi connectivity index (χ1) is 12.0. The fourth-order valence-electron chi connectivity index (χ4n) is 2.51. The minimum absolute atomic E-state index is 0.241. The Morgan fingerprint density at radius 3 is 2.80 bits per heavy atom. The molecule has 128 valence electrons. The quantitative estimate of drug-likeness (QED) is 0.764. The number of hydrogen-bond donors (Lipinski definition) is 1. The molecule has 2 aromatic heterocycles. The van der Waals surface area contributed by atoms with Gasteiger partial charge in [0.25, 0.3) is 5.91 Å². The highest BCUT2D eigenvalue weighted by molar-refractivity contribution is 7.83. The van der Waals surface area contributed by atoms with Gasteiger partial charge in [0.1, 0.15) is 0 Å². The lowest BCUT2D eigenvalue weighted by atomic mass is 10.2. The topological polar surface area (TPSA) is 76.9 Å². The van der Waals surface area contributed by atoms with Gasteiger partial charge in [0.05, 0.1) is 17.5 Å². The van der Waals surface area contributed by atoms with E-state index in [0.717, 1.165) is 5.56 Å². The molecule has 0 aliphatic heterocycles. The minimum atomic E-state index is -0.928. The van der Waals surface area contributed by atoms with Gasteiger partial charge < -0.3 is 5.32 Å². The number of nitrogens with one attached hydrogen (secondary N) is 1. The molecule has 3 rings (SSSR count). The van der Waals surface area contributed by atoms with Crippen LogP contribution in [0, 0.1) is 6.92 Å². The first kappa shape index (κ1) is 17.0. The number of hydrogen-bond acceptors (Lipinski definition) is 4. The first-order valence-electron chi connectivity index (χ1n) is 7.71. The second-order valence-electron chi connectivity index (χ2n) is 5.62. The van der Waals surface area contributed by atoms with Crippen molar-refractivity contribution in [3.05, 3.63) is 71.7 Å². The molecule has 0 aliphatic rings. The van der Waals surface area contributed by atoms with Crippen LogP contribution in [0.25, 0.3) is 5.82 Å². The van der Waals surface area contributed by atoms with E-state index in [9.17, 15) is 9.00 Å². The molecule has 3 aromatic rings. The molecule has 2 heterocycles. The highest BCUT2D eigenvalue weighted by Crippen LogP contribution is 2.16. The highest BCUT2D eigenvalue weighted by Gasteiger charge is 2.16. The molecule has 0 aliphatic carbocycles. The van der Waals surface area contributed by atoms with E-state index < -0.39 is 10.8 Å². The predicted molar refractivity (Wildman–Crippen MR) is 98.3 cm³/mol. The zero-order valence-electron chi connectivity index (χ0n) is 14.0. The van der Waals surface area contributed by atoms with Gasteiger partial charge in [-0.2, -0.15) is 5.10 Å². The van der Waals surface area contributed by atoms with Crippen LogP contribution in [0.4, 0.5) is 5.69 Å². The summed E-state index contributed by atoms with van der Waals surface area (Å²) >= 11 is 0. The van der Waals surface area contributed by atoms with Gasteiger partial charge in [-0.05, 0) is 36.8 Å². The third-order valence-electron chi connectivity index (χ3n) is 3.68. The number of pyridine rings is 1. The van der Waals surface area contributed by atoms with E-state index in [2.05, 4.69) is 15.4 Å². The van der Waals surface area contributed by atoms with Crippen LogP contribution >= 0.6 is 0 Å². The van der Waals surface area contributed by atoms with Crippen molar-refractivity contribution in [2.45, 2.75) is 12.7 Å². The van der Waals surface area contributed by atoms with Gasteiger partial charge in [0.2, 0.25) is 0 Å². The SMILES string of the molecule is Cc1c(C(=O)Nc2cccc(CS(C)=O)c2)cnn1-c1ccccn1. The molecule has 1 unspecified atom stereocenters. The average molecular weight is 354 g/mol. The van der Waals surface area contributed by atoms with Crippen LogP contribution in [-0.2, 0) is 16.6 Å². The molecule has 1 N–H and O–H groups in total. The highest BCUT2D eigenvalue weighted by atomic mass is 32.2. The summed E-state index contributed by atoms with van der Waals surface area (Å²) in [6.07, 6.45) is 4.87. The molecule has 0 spiro atoms. The number of carbonyl (C=O) groups excluding carboxylic acids is 1. The van der Waals surface area contributed by atoms with Crippen LogP contribution in [0.15, 0.2) is 54.9 Å². The lowest BCUT2D eigenvalue weighted by molar-refractivity contribution is 0.102. The maximum Gasteiger partial charge on any atom is 0.259 e. The summed E-state index contributed by atoms with van der Waals surface area (Å²) in [5, 5.41) is 7.12. The Morgan fingerprint density at radius 1 is 1.24 bits per heavy atom. The predicted octanol–water partition coefficient (Wildman–Crippen LogP) is 2.71. The third-order valence-corrected chi connectivity index (χ3v) is 4.42. The van der Waals surface area contributed by atoms with E-state index in [-0.39, 0.29) is 5.91 Å². The number of aromatic nitrogens is 3. The van der Waals surface area contributed by atoms with E-state index in [4.69, 9.17) is 0 Å². The second kappa shape index (κ2) is 7.40. The van der Waals surface area contributed by atoms with Crippen molar-refractivity contribution in [2.75, 3.05) is 11.6 Å². The van der Waals surface area contributed by atoms with Crippen molar-refractivity contribution in [1.82, 2.24) is 14.8 Å². The van der Waals surface area contributed by atoms with Crippen LogP contribution in [0.5, 0.6) is 0 Å². The van der Waals surface area contributed by atoms with E-state index in [0.29, 0.717) is 28.5 Å². The second-order valence-corrected chi connectivity index (χ2v) is 7.05. The smallest absolute Gasteiger partial charge is 0.259 e. The average Bonchev–Trinajstić information content (AvgIpc) is 2.97. The molecule has 0 saturated heterocycles. The molecule has 1 aromatic carbocycles. The standard InChI is InChI=1S/C18H18N4O2S/c1-13-16(11-20-22(13)17-8-3-4-9-19-17)18(23)21-15-7-5-6-14(10-15)12-25(2)24/h3-11H,12H2,1-2H3,(H,21,23). The van der Waals surface area contributed by atoms with Crippen molar-refractivity contribution in [2.24, 2.45) is 0 Å². The van der Waals surface area contributed by atoms with Gasteiger partial charge in [-0.25, -0.2) is 9.67 Å². The van der Waals surface area contributed by atoms with E-state index in [1.807, 2.05) is 43.3 Å². The van der Waals surface area contributed by atoms with Gasteiger partial charge in [0.15, 0.2) is 5.82 Å². The lowest BCUT2D eigenvalue weighted by Crippen LogP contribution is -2.13. The monoisotopic (exact) mass is 354 g/mol. The number of amides is 1. The zero-order valence-corrected chi connectivity index (χ0v) is 14.8. The van der Waals surface area contributed by atoms with Crippen LogP contribution < -0.4 is 5.32 Å². The van der Waals surface area contributed by atoms with Gasteiger partial charge in [0, 0.05) is 34.7 Å². The zero-order chi connectivity index (χ0) is 17.8. The molecule has 25 heavy (non-hydrogen) atoms. The summed E-state index contributed by atoms with van der Waals surface area (Å²) in [5.41, 5.74) is 2.77. The number of anilines is 1. The molecular weight excluding hydrogens is 336 g/mol. The Hall–Kier alpha value is -2.80. The summed E-state index contributed by atoms with van der Waals surface area (Å²) in [4.78, 5) is 16.8. The number of carbonyl (C=O) groups is 1. The Morgan fingerprint density at radius 2 is 2.08 bits per heavy atom. The van der Waals surface area contributed by atoms with Crippen molar-refractivity contribution >= 4 is 22.4 Å². The largest absolute Gasteiger partial charge is 0.322 e. The molecule has 0 saturated carbocycles. The van der Waals surface area contributed by atoms with E-state index in [1.54, 1.807) is 23.2 Å². The van der Waals surface area contributed by atoms with Gasteiger partial charge in [-0.15, -0.1) is 0 Å². The maximum absolute atomic E-state index is 12.6. The molecule has 1 atom stereocenters. The van der Waals surface area contributed by atoms with Crippen molar-refractivity contribution < 1.29 is 9.00 Å². The molecule has 6 nitrogen and oxygen atoms in total. The van der Waals surface area contributed by atoms with Crippen LogP contribution in [-0.4, -0.2) is 31.1 Å². The number of nitrogens with zero attached hydrogens (tertiary/aromatic N) is 3. The lowest BCUT2D eigenvalue weighted by Gasteiger charge is -2.07.